The Bertz CT molecular complexity index is 1270. The van der Waals surface area contributed by atoms with Crippen molar-refractivity contribution < 1.29 is 0 Å². The Labute approximate surface area is 174 Å². The number of hydrogen-bond acceptors (Lipinski definition) is 5. The average Bonchev–Trinajstić information content (AvgIpc) is 2.84. The third kappa shape index (κ3) is 3.73. The zero-order valence-corrected chi connectivity index (χ0v) is 16.2. The maximum atomic E-state index is 4.79. The third-order valence-corrected chi connectivity index (χ3v) is 4.95. The van der Waals surface area contributed by atoms with Crippen LogP contribution in [0.4, 0.5) is 5.82 Å². The summed E-state index contributed by atoms with van der Waals surface area (Å²) in [5.74, 6) is 1.51. The molecule has 0 saturated heterocycles. The van der Waals surface area contributed by atoms with E-state index in [4.69, 9.17) is 9.97 Å². The lowest BCUT2D eigenvalue weighted by Crippen LogP contribution is -2.04. The van der Waals surface area contributed by atoms with Gasteiger partial charge >= 0.3 is 0 Å². The quantitative estimate of drug-likeness (QED) is 0.438. The molecule has 0 atom stereocenters. The van der Waals surface area contributed by atoms with Gasteiger partial charge in [-0.3, -0.25) is 9.97 Å². The Morgan fingerprint density at radius 3 is 2.27 bits per heavy atom. The zero-order chi connectivity index (χ0) is 20.2. The molecule has 0 saturated carbocycles. The van der Waals surface area contributed by atoms with E-state index in [2.05, 4.69) is 45.6 Å². The molecule has 30 heavy (non-hydrogen) atoms. The van der Waals surface area contributed by atoms with Crippen LogP contribution in [0.15, 0.2) is 97.6 Å². The normalized spacial score (nSPS) is 10.8. The summed E-state index contributed by atoms with van der Waals surface area (Å²) in [4.78, 5) is 17.8. The second-order valence-corrected chi connectivity index (χ2v) is 6.94. The minimum absolute atomic E-state index is 0.671. The molecule has 0 amide bonds. The van der Waals surface area contributed by atoms with E-state index in [0.717, 1.165) is 33.4 Å². The predicted octanol–water partition coefficient (Wildman–Crippen LogP) is 5.37. The molecule has 0 aliphatic rings. The Hall–Kier alpha value is -4.12. The van der Waals surface area contributed by atoms with E-state index in [9.17, 15) is 0 Å². The predicted molar refractivity (Wildman–Crippen MR) is 120 cm³/mol. The third-order valence-electron chi connectivity index (χ3n) is 4.95. The highest BCUT2D eigenvalue weighted by molar-refractivity contribution is 5.90. The number of benzene rings is 2. The van der Waals surface area contributed by atoms with Gasteiger partial charge in [0.05, 0.1) is 5.52 Å². The lowest BCUT2D eigenvalue weighted by atomic mass is 10.1. The summed E-state index contributed by atoms with van der Waals surface area (Å²) >= 11 is 0. The summed E-state index contributed by atoms with van der Waals surface area (Å²) in [6.45, 7) is 0.671. The maximum Gasteiger partial charge on any atom is 0.162 e. The number of pyridine rings is 2. The fourth-order valence-corrected chi connectivity index (χ4v) is 3.38. The van der Waals surface area contributed by atoms with Gasteiger partial charge in [0.15, 0.2) is 5.82 Å². The second kappa shape index (κ2) is 8.09. The summed E-state index contributed by atoms with van der Waals surface area (Å²) in [6.07, 6.45) is 7.17. The molecule has 144 valence electrons. The van der Waals surface area contributed by atoms with Gasteiger partial charge in [-0.1, -0.05) is 42.5 Å². The molecule has 2 aromatic carbocycles. The largest absolute Gasteiger partial charge is 0.365 e. The van der Waals surface area contributed by atoms with E-state index >= 15 is 0 Å². The summed E-state index contributed by atoms with van der Waals surface area (Å²) in [7, 11) is 0. The van der Waals surface area contributed by atoms with Crippen molar-refractivity contribution >= 4 is 16.7 Å². The van der Waals surface area contributed by atoms with Gasteiger partial charge in [-0.2, -0.15) is 0 Å². The molecule has 0 fully saturated rings. The van der Waals surface area contributed by atoms with E-state index in [1.54, 1.807) is 18.6 Å². The average molecular weight is 389 g/mol. The number of hydrogen-bond donors (Lipinski definition) is 1. The van der Waals surface area contributed by atoms with E-state index < -0.39 is 0 Å². The minimum Gasteiger partial charge on any atom is -0.365 e. The Kier molecular flexibility index (Phi) is 4.84. The number of fused-ring (bicyclic) bond motifs is 1. The number of anilines is 1. The van der Waals surface area contributed by atoms with Crippen LogP contribution in [-0.4, -0.2) is 19.9 Å². The van der Waals surface area contributed by atoms with Crippen LogP contribution in [0.25, 0.3) is 33.4 Å². The van der Waals surface area contributed by atoms with Gasteiger partial charge in [0.2, 0.25) is 0 Å². The molecule has 3 heterocycles. The molecular weight excluding hydrogens is 370 g/mol. The first kappa shape index (κ1) is 17.9. The maximum absolute atomic E-state index is 4.79. The number of para-hydroxylation sites is 1. The number of aromatic nitrogens is 4. The van der Waals surface area contributed by atoms with Crippen LogP contribution in [0.2, 0.25) is 0 Å². The molecule has 0 aliphatic heterocycles. The van der Waals surface area contributed by atoms with Crippen molar-refractivity contribution in [1.29, 1.82) is 0 Å². The van der Waals surface area contributed by atoms with Crippen molar-refractivity contribution in [3.63, 3.8) is 0 Å². The molecule has 5 rings (SSSR count). The van der Waals surface area contributed by atoms with Crippen molar-refractivity contribution in [3.8, 4) is 22.5 Å². The number of nitrogens with zero attached hydrogens (tertiary/aromatic N) is 4. The van der Waals surface area contributed by atoms with Gasteiger partial charge in [0.1, 0.15) is 5.82 Å². The van der Waals surface area contributed by atoms with Crippen molar-refractivity contribution in [2.24, 2.45) is 0 Å². The zero-order valence-electron chi connectivity index (χ0n) is 16.2. The van der Waals surface area contributed by atoms with Crippen LogP contribution >= 0.6 is 0 Å². The Morgan fingerprint density at radius 1 is 0.633 bits per heavy atom. The van der Waals surface area contributed by atoms with Crippen LogP contribution in [0, 0.1) is 0 Å². The standard InChI is InChI=1S/C25H19N5/c1-2-6-23-22(5-1)25(30-24(29-23)20-11-14-26-15-12-20)28-16-18-7-9-19(10-8-18)21-4-3-13-27-17-21/h1-15,17H,16H2,(H,28,29,30). The molecule has 1 N–H and O–H groups in total. The van der Waals surface area contributed by atoms with Crippen molar-refractivity contribution in [1.82, 2.24) is 19.9 Å². The molecule has 0 radical (unpaired) electrons. The van der Waals surface area contributed by atoms with Crippen LogP contribution in [-0.2, 0) is 6.54 Å². The summed E-state index contributed by atoms with van der Waals surface area (Å²) in [5, 5.41) is 4.50. The van der Waals surface area contributed by atoms with Crippen LogP contribution in [0.5, 0.6) is 0 Å². The molecule has 0 unspecified atom stereocenters. The Balaban J connectivity index is 1.42. The highest BCUT2D eigenvalue weighted by atomic mass is 15.0. The van der Waals surface area contributed by atoms with Crippen molar-refractivity contribution in [3.05, 3.63) is 103 Å². The van der Waals surface area contributed by atoms with Crippen LogP contribution in [0.3, 0.4) is 0 Å². The molecule has 5 heteroatoms. The smallest absolute Gasteiger partial charge is 0.162 e. The minimum atomic E-state index is 0.671. The van der Waals surface area contributed by atoms with Crippen molar-refractivity contribution in [2.45, 2.75) is 6.54 Å². The van der Waals surface area contributed by atoms with Crippen LogP contribution < -0.4 is 5.32 Å². The topological polar surface area (TPSA) is 63.6 Å². The van der Waals surface area contributed by atoms with E-state index in [0.29, 0.717) is 12.4 Å². The lowest BCUT2D eigenvalue weighted by Gasteiger charge is -2.11. The first-order valence-corrected chi connectivity index (χ1v) is 9.77. The van der Waals surface area contributed by atoms with Crippen molar-refractivity contribution in [2.75, 3.05) is 5.32 Å². The highest BCUT2D eigenvalue weighted by Gasteiger charge is 2.09. The molecular formula is C25H19N5. The van der Waals surface area contributed by atoms with Gasteiger partial charge in [-0.15, -0.1) is 0 Å². The van der Waals surface area contributed by atoms with Crippen LogP contribution in [0.1, 0.15) is 5.56 Å². The number of rotatable bonds is 5. The second-order valence-electron chi connectivity index (χ2n) is 6.94. The Morgan fingerprint density at radius 2 is 1.47 bits per heavy atom. The fraction of sp³-hybridized carbons (Fsp3) is 0.0400. The molecule has 3 aromatic heterocycles. The molecule has 5 aromatic rings. The van der Waals surface area contributed by atoms with E-state index in [1.807, 2.05) is 48.7 Å². The summed E-state index contributed by atoms with van der Waals surface area (Å²) in [6, 6.07) is 24.4. The highest BCUT2D eigenvalue weighted by Crippen LogP contribution is 2.25. The molecule has 0 spiro atoms. The van der Waals surface area contributed by atoms with Gasteiger partial charge < -0.3 is 5.32 Å². The van der Waals surface area contributed by atoms with Gasteiger partial charge in [0, 0.05) is 42.3 Å². The first-order chi connectivity index (χ1) is 14.9. The van der Waals surface area contributed by atoms with E-state index in [1.165, 1.54) is 5.56 Å². The summed E-state index contributed by atoms with van der Waals surface area (Å²) < 4.78 is 0. The molecule has 0 bridgehead atoms. The first-order valence-electron chi connectivity index (χ1n) is 9.77. The summed E-state index contributed by atoms with van der Waals surface area (Å²) in [5.41, 5.74) is 5.30. The fourth-order valence-electron chi connectivity index (χ4n) is 3.38. The van der Waals surface area contributed by atoms with Gasteiger partial charge in [-0.05, 0) is 47.0 Å². The lowest BCUT2D eigenvalue weighted by molar-refractivity contribution is 1.10. The van der Waals surface area contributed by atoms with E-state index in [-0.39, 0.29) is 0 Å². The van der Waals surface area contributed by atoms with Gasteiger partial charge in [0.25, 0.3) is 0 Å². The SMILES string of the molecule is c1cncc(-c2ccc(CNc3nc(-c4ccncc4)nc4ccccc34)cc2)c1. The van der Waals surface area contributed by atoms with Gasteiger partial charge in [-0.25, -0.2) is 9.97 Å². The molecule has 5 nitrogen and oxygen atoms in total. The number of nitrogens with one attached hydrogen (secondary N) is 1. The monoisotopic (exact) mass is 389 g/mol. The molecule has 0 aliphatic carbocycles.